The average molecular weight is 205 g/mol. The SMILES string of the molecule is CCCC(=O)NCCC(S)C(=O)O. The summed E-state index contributed by atoms with van der Waals surface area (Å²) >= 11 is 3.83. The summed E-state index contributed by atoms with van der Waals surface area (Å²) in [6.45, 7) is 2.29. The molecule has 13 heavy (non-hydrogen) atoms. The number of hydrogen-bond acceptors (Lipinski definition) is 3. The highest BCUT2D eigenvalue weighted by Crippen LogP contribution is 1.99. The Balaban J connectivity index is 3.44. The van der Waals surface area contributed by atoms with E-state index in [0.29, 0.717) is 19.4 Å². The maximum Gasteiger partial charge on any atom is 0.316 e. The molecule has 0 rings (SSSR count). The van der Waals surface area contributed by atoms with Crippen LogP contribution in [0.5, 0.6) is 0 Å². The van der Waals surface area contributed by atoms with Gasteiger partial charge in [-0.3, -0.25) is 9.59 Å². The van der Waals surface area contributed by atoms with Crippen molar-refractivity contribution < 1.29 is 14.7 Å². The van der Waals surface area contributed by atoms with Gasteiger partial charge in [-0.25, -0.2) is 0 Å². The third kappa shape index (κ3) is 6.45. The molecule has 2 N–H and O–H groups in total. The molecule has 0 aromatic heterocycles. The van der Waals surface area contributed by atoms with Crippen molar-refractivity contribution in [1.29, 1.82) is 0 Å². The summed E-state index contributed by atoms with van der Waals surface area (Å²) in [5.74, 6) is -0.985. The third-order valence-corrected chi connectivity index (χ3v) is 1.98. The molecule has 1 amide bonds. The molecule has 1 atom stereocenters. The van der Waals surface area contributed by atoms with E-state index in [1.54, 1.807) is 0 Å². The van der Waals surface area contributed by atoms with E-state index in [1.807, 2.05) is 6.92 Å². The van der Waals surface area contributed by atoms with Crippen LogP contribution in [0.15, 0.2) is 0 Å². The Bertz CT molecular complexity index is 184. The molecule has 4 nitrogen and oxygen atoms in total. The van der Waals surface area contributed by atoms with E-state index in [0.717, 1.165) is 6.42 Å². The Kier molecular flexibility index (Phi) is 6.40. The first kappa shape index (κ1) is 12.3. The van der Waals surface area contributed by atoms with Gasteiger partial charge in [0.15, 0.2) is 0 Å². The van der Waals surface area contributed by atoms with Gasteiger partial charge < -0.3 is 10.4 Å². The fourth-order valence-electron chi connectivity index (χ4n) is 0.787. The second-order valence-corrected chi connectivity index (χ2v) is 3.37. The van der Waals surface area contributed by atoms with Gasteiger partial charge in [0.2, 0.25) is 5.91 Å². The maximum absolute atomic E-state index is 10.9. The van der Waals surface area contributed by atoms with Crippen LogP contribution in [0.25, 0.3) is 0 Å². The molecule has 0 fully saturated rings. The fourth-order valence-corrected chi connectivity index (χ4v) is 0.916. The summed E-state index contributed by atoms with van der Waals surface area (Å²) < 4.78 is 0. The highest BCUT2D eigenvalue weighted by molar-refractivity contribution is 7.81. The van der Waals surface area contributed by atoms with Crippen molar-refractivity contribution >= 4 is 24.5 Å². The minimum absolute atomic E-state index is 0.0339. The van der Waals surface area contributed by atoms with Crippen LogP contribution >= 0.6 is 12.6 Å². The van der Waals surface area contributed by atoms with Crippen molar-refractivity contribution in [3.05, 3.63) is 0 Å². The molecule has 0 aromatic carbocycles. The monoisotopic (exact) mass is 205 g/mol. The summed E-state index contributed by atoms with van der Waals surface area (Å²) in [5.41, 5.74) is 0. The fraction of sp³-hybridized carbons (Fsp3) is 0.750. The van der Waals surface area contributed by atoms with Crippen LogP contribution in [0, 0.1) is 0 Å². The molecule has 0 spiro atoms. The molecule has 0 bridgehead atoms. The number of nitrogens with one attached hydrogen (secondary N) is 1. The second-order valence-electron chi connectivity index (χ2n) is 2.74. The average Bonchev–Trinajstić information content (AvgIpc) is 2.04. The second kappa shape index (κ2) is 6.77. The Morgan fingerprint density at radius 2 is 2.15 bits per heavy atom. The lowest BCUT2D eigenvalue weighted by atomic mass is 10.3. The van der Waals surface area contributed by atoms with Gasteiger partial charge in [0.1, 0.15) is 5.25 Å². The smallest absolute Gasteiger partial charge is 0.316 e. The normalized spacial score (nSPS) is 12.2. The highest BCUT2D eigenvalue weighted by Gasteiger charge is 2.11. The third-order valence-electron chi connectivity index (χ3n) is 1.50. The number of aliphatic carboxylic acids is 1. The van der Waals surface area contributed by atoms with E-state index in [9.17, 15) is 9.59 Å². The molecular weight excluding hydrogens is 190 g/mol. The van der Waals surface area contributed by atoms with Crippen LogP contribution in [-0.2, 0) is 9.59 Å². The quantitative estimate of drug-likeness (QED) is 0.558. The number of carbonyl (C=O) groups excluding carboxylic acids is 1. The molecular formula is C8H15NO3S. The van der Waals surface area contributed by atoms with Gasteiger partial charge in [-0.05, 0) is 12.8 Å². The van der Waals surface area contributed by atoms with E-state index in [4.69, 9.17) is 5.11 Å². The number of thiol groups is 1. The zero-order valence-corrected chi connectivity index (χ0v) is 8.51. The zero-order chi connectivity index (χ0) is 10.3. The number of amides is 1. The highest BCUT2D eigenvalue weighted by atomic mass is 32.1. The first-order chi connectivity index (χ1) is 6.07. The molecule has 0 saturated heterocycles. The largest absolute Gasteiger partial charge is 0.480 e. The topological polar surface area (TPSA) is 66.4 Å². The lowest BCUT2D eigenvalue weighted by Gasteiger charge is -2.06. The number of hydrogen-bond donors (Lipinski definition) is 3. The van der Waals surface area contributed by atoms with Gasteiger partial charge in [-0.15, -0.1) is 0 Å². The van der Waals surface area contributed by atoms with Crippen molar-refractivity contribution in [3.63, 3.8) is 0 Å². The van der Waals surface area contributed by atoms with Crippen molar-refractivity contribution in [2.75, 3.05) is 6.54 Å². The summed E-state index contributed by atoms with van der Waals surface area (Å²) in [6.07, 6.45) is 1.65. The van der Waals surface area contributed by atoms with Gasteiger partial charge >= 0.3 is 5.97 Å². The van der Waals surface area contributed by atoms with Crippen molar-refractivity contribution in [3.8, 4) is 0 Å². The Hall–Kier alpha value is -0.710. The van der Waals surface area contributed by atoms with Crippen molar-refractivity contribution in [2.45, 2.75) is 31.4 Å². The van der Waals surface area contributed by atoms with Crippen LogP contribution < -0.4 is 5.32 Å². The van der Waals surface area contributed by atoms with Gasteiger partial charge in [-0.1, -0.05) is 6.92 Å². The maximum atomic E-state index is 10.9. The number of carboxylic acids is 1. The Morgan fingerprint density at radius 1 is 1.54 bits per heavy atom. The molecule has 0 aliphatic carbocycles. The van der Waals surface area contributed by atoms with Crippen LogP contribution in [0.4, 0.5) is 0 Å². The molecule has 0 radical (unpaired) electrons. The van der Waals surface area contributed by atoms with Gasteiger partial charge in [0, 0.05) is 13.0 Å². The van der Waals surface area contributed by atoms with E-state index in [-0.39, 0.29) is 5.91 Å². The van der Waals surface area contributed by atoms with Gasteiger partial charge in [-0.2, -0.15) is 12.6 Å². The zero-order valence-electron chi connectivity index (χ0n) is 7.62. The predicted octanol–water partition coefficient (Wildman–Crippen LogP) is 0.676. The van der Waals surface area contributed by atoms with Crippen molar-refractivity contribution in [2.24, 2.45) is 0 Å². The van der Waals surface area contributed by atoms with Crippen LogP contribution in [-0.4, -0.2) is 28.8 Å². The molecule has 5 heteroatoms. The number of carboxylic acid groups (broad SMARTS) is 1. The van der Waals surface area contributed by atoms with Crippen molar-refractivity contribution in [1.82, 2.24) is 5.32 Å². The Labute approximate surface area is 83.1 Å². The summed E-state index contributed by atoms with van der Waals surface area (Å²) in [6, 6.07) is 0. The van der Waals surface area contributed by atoms with E-state index in [2.05, 4.69) is 17.9 Å². The van der Waals surface area contributed by atoms with E-state index in [1.165, 1.54) is 0 Å². The molecule has 76 valence electrons. The minimum atomic E-state index is -0.951. The lowest BCUT2D eigenvalue weighted by molar-refractivity contribution is -0.136. The van der Waals surface area contributed by atoms with Gasteiger partial charge in [0.25, 0.3) is 0 Å². The predicted molar refractivity (Wildman–Crippen MR) is 52.9 cm³/mol. The lowest BCUT2D eigenvalue weighted by Crippen LogP contribution is -2.27. The molecule has 0 saturated carbocycles. The summed E-state index contributed by atoms with van der Waals surface area (Å²) in [7, 11) is 0. The number of rotatable bonds is 6. The summed E-state index contributed by atoms with van der Waals surface area (Å²) in [5, 5.41) is 10.4. The first-order valence-corrected chi connectivity index (χ1v) is 4.77. The van der Waals surface area contributed by atoms with E-state index < -0.39 is 11.2 Å². The number of carbonyl (C=O) groups is 2. The van der Waals surface area contributed by atoms with Crippen LogP contribution in [0.1, 0.15) is 26.2 Å². The molecule has 0 aromatic rings. The van der Waals surface area contributed by atoms with Crippen LogP contribution in [0.2, 0.25) is 0 Å². The molecule has 0 heterocycles. The molecule has 0 aliphatic rings. The first-order valence-electron chi connectivity index (χ1n) is 4.25. The standard InChI is InChI=1S/C8H15NO3S/c1-2-3-7(10)9-5-4-6(13)8(11)12/h6,13H,2-5H2,1H3,(H,9,10)(H,11,12). The Morgan fingerprint density at radius 3 is 2.62 bits per heavy atom. The summed E-state index contributed by atoms with van der Waals surface area (Å²) in [4.78, 5) is 21.2. The van der Waals surface area contributed by atoms with E-state index >= 15 is 0 Å². The molecule has 1 unspecified atom stereocenters. The minimum Gasteiger partial charge on any atom is -0.480 e. The van der Waals surface area contributed by atoms with Crippen LogP contribution in [0.3, 0.4) is 0 Å². The molecule has 0 aliphatic heterocycles. The van der Waals surface area contributed by atoms with Gasteiger partial charge in [0.05, 0.1) is 0 Å².